The summed E-state index contributed by atoms with van der Waals surface area (Å²) in [6.07, 6.45) is 3.71. The van der Waals surface area contributed by atoms with Crippen molar-refractivity contribution in [2.24, 2.45) is 0 Å². The van der Waals surface area contributed by atoms with Crippen LogP contribution in [0.3, 0.4) is 0 Å². The highest BCUT2D eigenvalue weighted by molar-refractivity contribution is 4.92. The van der Waals surface area contributed by atoms with Gasteiger partial charge in [0.05, 0.1) is 12.2 Å². The molecule has 3 nitrogen and oxygen atoms in total. The van der Waals surface area contributed by atoms with Crippen LogP contribution in [0.2, 0.25) is 0 Å². The van der Waals surface area contributed by atoms with Gasteiger partial charge in [0.1, 0.15) is 0 Å². The molecule has 3 heteroatoms. The molecular formula is C13H26N2O. The Labute approximate surface area is 99.7 Å². The van der Waals surface area contributed by atoms with Crippen molar-refractivity contribution in [3.05, 3.63) is 0 Å². The number of likely N-dealkylation sites (tertiary alicyclic amines) is 1. The summed E-state index contributed by atoms with van der Waals surface area (Å²) >= 11 is 0. The third kappa shape index (κ3) is 2.76. The van der Waals surface area contributed by atoms with Crippen molar-refractivity contribution in [1.82, 2.24) is 9.80 Å². The van der Waals surface area contributed by atoms with Crippen LogP contribution in [-0.4, -0.2) is 61.3 Å². The minimum absolute atomic E-state index is 0.194. The van der Waals surface area contributed by atoms with Crippen LogP contribution in [0.5, 0.6) is 0 Å². The van der Waals surface area contributed by atoms with E-state index >= 15 is 0 Å². The first-order chi connectivity index (χ1) is 7.78. The molecule has 0 saturated carbocycles. The van der Waals surface area contributed by atoms with Gasteiger partial charge in [-0.3, -0.25) is 4.90 Å². The van der Waals surface area contributed by atoms with E-state index in [-0.39, 0.29) is 5.60 Å². The van der Waals surface area contributed by atoms with Crippen LogP contribution in [0.4, 0.5) is 0 Å². The summed E-state index contributed by atoms with van der Waals surface area (Å²) in [5.41, 5.74) is 0.194. The summed E-state index contributed by atoms with van der Waals surface area (Å²) in [6, 6.07) is 0. The fraction of sp³-hybridized carbons (Fsp3) is 1.00. The van der Waals surface area contributed by atoms with Crippen LogP contribution in [0, 0.1) is 0 Å². The second kappa shape index (κ2) is 5.48. The zero-order chi connectivity index (χ0) is 11.4. The van der Waals surface area contributed by atoms with E-state index < -0.39 is 0 Å². The molecule has 16 heavy (non-hydrogen) atoms. The lowest BCUT2D eigenvalue weighted by Crippen LogP contribution is -2.56. The Morgan fingerprint density at radius 2 is 1.81 bits per heavy atom. The van der Waals surface area contributed by atoms with E-state index in [0.29, 0.717) is 0 Å². The lowest BCUT2D eigenvalue weighted by atomic mass is 9.89. The van der Waals surface area contributed by atoms with Gasteiger partial charge in [-0.05, 0) is 32.4 Å². The second-order valence-corrected chi connectivity index (χ2v) is 5.24. The molecule has 2 aliphatic heterocycles. The van der Waals surface area contributed by atoms with Crippen LogP contribution in [-0.2, 0) is 4.74 Å². The maximum atomic E-state index is 6.11. The third-order valence-electron chi connectivity index (χ3n) is 4.08. The first kappa shape index (κ1) is 12.3. The molecule has 0 atom stereocenters. The van der Waals surface area contributed by atoms with Crippen LogP contribution in [0.1, 0.15) is 33.1 Å². The number of piperidine rings is 1. The number of rotatable bonds is 3. The average Bonchev–Trinajstić information content (AvgIpc) is 2.31. The number of hydrogen-bond donors (Lipinski definition) is 0. The van der Waals surface area contributed by atoms with Crippen molar-refractivity contribution in [2.45, 2.75) is 38.7 Å². The van der Waals surface area contributed by atoms with Gasteiger partial charge in [0, 0.05) is 26.2 Å². The van der Waals surface area contributed by atoms with Crippen molar-refractivity contribution in [2.75, 3.05) is 45.9 Å². The molecule has 2 fully saturated rings. The van der Waals surface area contributed by atoms with E-state index in [4.69, 9.17) is 4.74 Å². The van der Waals surface area contributed by atoms with Gasteiger partial charge in [0.2, 0.25) is 0 Å². The molecule has 0 bridgehead atoms. The number of hydrogen-bond acceptors (Lipinski definition) is 3. The highest BCUT2D eigenvalue weighted by atomic mass is 16.5. The van der Waals surface area contributed by atoms with Crippen molar-refractivity contribution in [1.29, 1.82) is 0 Å². The zero-order valence-corrected chi connectivity index (χ0v) is 10.9. The predicted molar refractivity (Wildman–Crippen MR) is 66.8 cm³/mol. The molecule has 0 N–H and O–H groups in total. The summed E-state index contributed by atoms with van der Waals surface area (Å²) < 4.78 is 6.11. The molecule has 0 aromatic carbocycles. The van der Waals surface area contributed by atoms with Gasteiger partial charge in [0.15, 0.2) is 0 Å². The van der Waals surface area contributed by atoms with E-state index in [1.54, 1.807) is 0 Å². The smallest absolute Gasteiger partial charge is 0.0833 e. The molecule has 0 aromatic heterocycles. The fourth-order valence-corrected chi connectivity index (χ4v) is 3.01. The highest BCUT2D eigenvalue weighted by Crippen LogP contribution is 2.29. The van der Waals surface area contributed by atoms with Gasteiger partial charge in [-0.2, -0.15) is 0 Å². The molecule has 0 aromatic rings. The Morgan fingerprint density at radius 3 is 2.44 bits per heavy atom. The Kier molecular flexibility index (Phi) is 4.22. The zero-order valence-electron chi connectivity index (χ0n) is 10.9. The Morgan fingerprint density at radius 1 is 1.06 bits per heavy atom. The van der Waals surface area contributed by atoms with Crippen LogP contribution in [0.25, 0.3) is 0 Å². The molecule has 94 valence electrons. The van der Waals surface area contributed by atoms with E-state index in [9.17, 15) is 0 Å². The maximum Gasteiger partial charge on any atom is 0.0833 e. The van der Waals surface area contributed by atoms with Crippen molar-refractivity contribution in [3.8, 4) is 0 Å². The van der Waals surface area contributed by atoms with Crippen molar-refractivity contribution in [3.63, 3.8) is 0 Å². The summed E-state index contributed by atoms with van der Waals surface area (Å²) in [6.45, 7) is 12.6. The van der Waals surface area contributed by atoms with E-state index in [1.165, 1.54) is 52.0 Å². The van der Waals surface area contributed by atoms with Crippen LogP contribution >= 0.6 is 0 Å². The predicted octanol–water partition coefficient (Wildman–Crippen LogP) is 1.58. The van der Waals surface area contributed by atoms with Gasteiger partial charge in [0.25, 0.3) is 0 Å². The fourth-order valence-electron chi connectivity index (χ4n) is 3.01. The number of morpholine rings is 1. The molecule has 2 rings (SSSR count). The lowest BCUT2D eigenvalue weighted by molar-refractivity contribution is -0.135. The molecule has 2 aliphatic rings. The largest absolute Gasteiger partial charge is 0.372 e. The van der Waals surface area contributed by atoms with Crippen molar-refractivity contribution < 1.29 is 4.74 Å². The molecular weight excluding hydrogens is 200 g/mol. The minimum atomic E-state index is 0.194. The molecule has 0 unspecified atom stereocenters. The first-order valence-electron chi connectivity index (χ1n) is 6.87. The highest BCUT2D eigenvalue weighted by Gasteiger charge is 2.38. The number of nitrogens with zero attached hydrogens (tertiary/aromatic N) is 2. The van der Waals surface area contributed by atoms with Crippen LogP contribution in [0.15, 0.2) is 0 Å². The van der Waals surface area contributed by atoms with E-state index in [2.05, 4.69) is 23.6 Å². The number of ether oxygens (including phenoxy) is 1. The lowest BCUT2D eigenvalue weighted by Gasteiger charge is -2.47. The summed E-state index contributed by atoms with van der Waals surface area (Å²) in [5, 5.41) is 0. The quantitative estimate of drug-likeness (QED) is 0.727. The SMILES string of the molecule is CCCN1CCOC2(CCN(CC)CC2)C1. The monoisotopic (exact) mass is 226 g/mol. The van der Waals surface area contributed by atoms with Crippen LogP contribution < -0.4 is 0 Å². The summed E-state index contributed by atoms with van der Waals surface area (Å²) in [4.78, 5) is 5.12. The third-order valence-corrected chi connectivity index (χ3v) is 4.08. The molecule has 0 aliphatic carbocycles. The van der Waals surface area contributed by atoms with Gasteiger partial charge in [-0.25, -0.2) is 0 Å². The Hall–Kier alpha value is -0.120. The van der Waals surface area contributed by atoms with E-state index in [1.807, 2.05) is 0 Å². The normalized spacial score (nSPS) is 27.4. The second-order valence-electron chi connectivity index (χ2n) is 5.24. The molecule has 2 heterocycles. The van der Waals surface area contributed by atoms with Gasteiger partial charge >= 0.3 is 0 Å². The van der Waals surface area contributed by atoms with Crippen molar-refractivity contribution >= 4 is 0 Å². The standard InChI is InChI=1S/C13H26N2O/c1-3-7-15-10-11-16-13(12-15)5-8-14(4-2)9-6-13/h3-12H2,1-2H3. The summed E-state index contributed by atoms with van der Waals surface area (Å²) in [7, 11) is 0. The topological polar surface area (TPSA) is 15.7 Å². The summed E-state index contributed by atoms with van der Waals surface area (Å²) in [5.74, 6) is 0. The minimum Gasteiger partial charge on any atom is -0.372 e. The van der Waals surface area contributed by atoms with Gasteiger partial charge in [-0.1, -0.05) is 13.8 Å². The Balaban J connectivity index is 1.88. The maximum absolute atomic E-state index is 6.11. The first-order valence-corrected chi connectivity index (χ1v) is 6.87. The molecule has 2 saturated heterocycles. The van der Waals surface area contributed by atoms with Gasteiger partial charge in [-0.15, -0.1) is 0 Å². The average molecular weight is 226 g/mol. The van der Waals surface area contributed by atoms with E-state index in [0.717, 1.165) is 13.2 Å². The molecule has 0 radical (unpaired) electrons. The van der Waals surface area contributed by atoms with Gasteiger partial charge < -0.3 is 9.64 Å². The molecule has 0 amide bonds. The molecule has 1 spiro atoms. The Bertz CT molecular complexity index is 210.